The van der Waals surface area contributed by atoms with Crippen molar-refractivity contribution in [3.63, 3.8) is 0 Å². The molecule has 0 saturated heterocycles. The first-order chi connectivity index (χ1) is 9.82. The molecule has 1 N–H and O–H groups in total. The van der Waals surface area contributed by atoms with E-state index < -0.39 is 11.7 Å². The number of hydrogen-bond acceptors (Lipinski definition) is 1. The van der Waals surface area contributed by atoms with Crippen molar-refractivity contribution in [1.82, 2.24) is 5.32 Å². The lowest BCUT2D eigenvalue weighted by Gasteiger charge is -2.19. The van der Waals surface area contributed by atoms with Crippen LogP contribution in [0.15, 0.2) is 46.9 Å². The number of benzene rings is 2. The molecule has 112 valence electrons. The Balaban J connectivity index is 2.46. The largest absolute Gasteiger partial charge is 0.417 e. The van der Waals surface area contributed by atoms with Crippen LogP contribution in [0.2, 0.25) is 0 Å². The highest BCUT2D eigenvalue weighted by Crippen LogP contribution is 2.37. The maximum Gasteiger partial charge on any atom is 0.417 e. The fourth-order valence-electron chi connectivity index (χ4n) is 2.22. The van der Waals surface area contributed by atoms with Crippen LogP contribution >= 0.6 is 15.9 Å². The van der Waals surface area contributed by atoms with Crippen molar-refractivity contribution in [2.75, 3.05) is 7.05 Å². The van der Waals surface area contributed by atoms with Crippen molar-refractivity contribution in [3.05, 3.63) is 69.2 Å². The lowest BCUT2D eigenvalue weighted by Crippen LogP contribution is -2.18. The highest BCUT2D eigenvalue weighted by molar-refractivity contribution is 9.10. The van der Waals surface area contributed by atoms with Gasteiger partial charge in [0.05, 0.1) is 11.6 Å². The molecule has 0 aliphatic rings. The van der Waals surface area contributed by atoms with E-state index >= 15 is 0 Å². The maximum atomic E-state index is 13.0. The van der Waals surface area contributed by atoms with E-state index in [9.17, 15) is 13.2 Å². The minimum absolute atomic E-state index is 0.0532. The van der Waals surface area contributed by atoms with Gasteiger partial charge in [-0.3, -0.25) is 0 Å². The fourth-order valence-corrected chi connectivity index (χ4v) is 2.70. The minimum atomic E-state index is -4.37. The van der Waals surface area contributed by atoms with Crippen molar-refractivity contribution in [1.29, 1.82) is 0 Å². The highest BCUT2D eigenvalue weighted by Gasteiger charge is 2.33. The summed E-state index contributed by atoms with van der Waals surface area (Å²) in [5.74, 6) is 0. The minimum Gasteiger partial charge on any atom is -0.309 e. The number of rotatable bonds is 3. The molecule has 5 heteroatoms. The van der Waals surface area contributed by atoms with Crippen molar-refractivity contribution in [3.8, 4) is 0 Å². The van der Waals surface area contributed by atoms with Crippen molar-refractivity contribution >= 4 is 15.9 Å². The summed E-state index contributed by atoms with van der Waals surface area (Å²) in [6.45, 7) is 1.97. The first kappa shape index (κ1) is 16.0. The molecule has 2 aromatic rings. The average molecular weight is 358 g/mol. The molecule has 0 spiro atoms. The molecule has 21 heavy (non-hydrogen) atoms. The topological polar surface area (TPSA) is 12.0 Å². The Hall–Kier alpha value is -1.33. The molecular weight excluding hydrogens is 343 g/mol. The molecule has 1 nitrogen and oxygen atoms in total. The number of halogens is 4. The summed E-state index contributed by atoms with van der Waals surface area (Å²) in [4.78, 5) is 0. The first-order valence-corrected chi connectivity index (χ1v) is 7.22. The van der Waals surface area contributed by atoms with Gasteiger partial charge in [-0.2, -0.15) is 13.2 Å². The van der Waals surface area contributed by atoms with Crippen LogP contribution in [0.5, 0.6) is 0 Å². The van der Waals surface area contributed by atoms with Crippen molar-refractivity contribution < 1.29 is 13.2 Å². The summed E-state index contributed by atoms with van der Waals surface area (Å²) in [5, 5.41) is 3.07. The predicted octanol–water partition coefficient (Wildman–Crippen LogP) is 5.09. The fraction of sp³-hybridized carbons (Fsp3) is 0.250. The number of hydrogen-bond donors (Lipinski definition) is 1. The SMILES string of the molecule is CNC(c1ccc(C)cc1)c1ccc(Br)c(C(F)(F)F)c1. The van der Waals surface area contributed by atoms with E-state index in [-0.39, 0.29) is 10.5 Å². The molecule has 0 aromatic heterocycles. The Morgan fingerprint density at radius 2 is 1.57 bits per heavy atom. The summed E-state index contributed by atoms with van der Waals surface area (Å²) in [5.41, 5.74) is 1.96. The van der Waals surface area contributed by atoms with Gasteiger partial charge in [0.1, 0.15) is 0 Å². The number of alkyl halides is 3. The van der Waals surface area contributed by atoms with Gasteiger partial charge in [0.15, 0.2) is 0 Å². The third-order valence-corrected chi connectivity index (χ3v) is 4.02. The van der Waals surface area contributed by atoms with Gasteiger partial charge in [-0.25, -0.2) is 0 Å². The van der Waals surface area contributed by atoms with E-state index in [0.717, 1.165) is 11.1 Å². The molecule has 2 rings (SSSR count). The van der Waals surface area contributed by atoms with E-state index in [1.54, 1.807) is 13.1 Å². The lowest BCUT2D eigenvalue weighted by atomic mass is 9.96. The van der Waals surface area contributed by atoms with Crippen LogP contribution < -0.4 is 5.32 Å². The van der Waals surface area contributed by atoms with E-state index in [4.69, 9.17) is 0 Å². The van der Waals surface area contributed by atoms with E-state index in [2.05, 4.69) is 21.2 Å². The summed E-state index contributed by atoms with van der Waals surface area (Å²) in [7, 11) is 1.74. The van der Waals surface area contributed by atoms with Gasteiger partial charge in [0.2, 0.25) is 0 Å². The second kappa shape index (κ2) is 6.20. The standard InChI is InChI=1S/C16H15BrF3N/c1-10-3-5-11(6-4-10)15(21-2)12-7-8-14(17)13(9-12)16(18,19)20/h3-9,15,21H,1-2H3. The predicted molar refractivity (Wildman–Crippen MR) is 81.2 cm³/mol. The highest BCUT2D eigenvalue weighted by atomic mass is 79.9. The smallest absolute Gasteiger partial charge is 0.309 e. The van der Waals surface area contributed by atoms with Gasteiger partial charge in [0, 0.05) is 4.47 Å². The van der Waals surface area contributed by atoms with Gasteiger partial charge in [-0.15, -0.1) is 0 Å². The van der Waals surface area contributed by atoms with Crippen LogP contribution in [0, 0.1) is 6.92 Å². The zero-order chi connectivity index (χ0) is 15.6. The van der Waals surface area contributed by atoms with Crippen LogP contribution in [0.3, 0.4) is 0 Å². The van der Waals surface area contributed by atoms with E-state index in [1.807, 2.05) is 31.2 Å². The molecule has 1 unspecified atom stereocenters. The van der Waals surface area contributed by atoms with Crippen molar-refractivity contribution in [2.45, 2.75) is 19.1 Å². The number of aryl methyl sites for hydroxylation is 1. The summed E-state index contributed by atoms with van der Waals surface area (Å²) in [6.07, 6.45) is -4.37. The van der Waals surface area contributed by atoms with E-state index in [1.165, 1.54) is 12.1 Å². The Bertz CT molecular complexity index is 620. The molecule has 0 aliphatic heterocycles. The number of nitrogens with one attached hydrogen (secondary N) is 1. The molecule has 0 heterocycles. The average Bonchev–Trinajstić information content (AvgIpc) is 2.42. The van der Waals surface area contributed by atoms with Crippen LogP contribution in [-0.4, -0.2) is 7.05 Å². The van der Waals surface area contributed by atoms with Gasteiger partial charge >= 0.3 is 6.18 Å². The maximum absolute atomic E-state index is 13.0. The van der Waals surface area contributed by atoms with Gasteiger partial charge in [0.25, 0.3) is 0 Å². The van der Waals surface area contributed by atoms with Gasteiger partial charge < -0.3 is 5.32 Å². The Labute approximate surface area is 130 Å². The quantitative estimate of drug-likeness (QED) is 0.806. The molecule has 0 radical (unpaired) electrons. The van der Waals surface area contributed by atoms with Crippen LogP contribution in [0.1, 0.15) is 28.3 Å². The van der Waals surface area contributed by atoms with Crippen LogP contribution in [0.25, 0.3) is 0 Å². The molecule has 0 saturated carbocycles. The molecule has 1 atom stereocenters. The Morgan fingerprint density at radius 1 is 1.00 bits per heavy atom. The molecular formula is C16H15BrF3N. The molecule has 0 aliphatic carbocycles. The van der Waals surface area contributed by atoms with Gasteiger partial charge in [-0.05, 0) is 37.2 Å². The third-order valence-electron chi connectivity index (χ3n) is 3.33. The Kier molecular flexibility index (Phi) is 4.74. The molecule has 0 amide bonds. The zero-order valence-electron chi connectivity index (χ0n) is 11.6. The summed E-state index contributed by atoms with van der Waals surface area (Å²) in [6, 6.07) is 11.8. The summed E-state index contributed by atoms with van der Waals surface area (Å²) >= 11 is 2.96. The summed E-state index contributed by atoms with van der Waals surface area (Å²) < 4.78 is 39.1. The zero-order valence-corrected chi connectivity index (χ0v) is 13.2. The van der Waals surface area contributed by atoms with Gasteiger partial charge in [-0.1, -0.05) is 51.8 Å². The second-order valence-electron chi connectivity index (χ2n) is 4.87. The Morgan fingerprint density at radius 3 is 2.10 bits per heavy atom. The van der Waals surface area contributed by atoms with Crippen LogP contribution in [-0.2, 0) is 6.18 Å². The molecule has 2 aromatic carbocycles. The first-order valence-electron chi connectivity index (χ1n) is 6.43. The normalized spacial score (nSPS) is 13.2. The van der Waals surface area contributed by atoms with Crippen LogP contribution in [0.4, 0.5) is 13.2 Å². The molecule has 0 fully saturated rings. The van der Waals surface area contributed by atoms with E-state index in [0.29, 0.717) is 5.56 Å². The monoisotopic (exact) mass is 357 g/mol. The lowest BCUT2D eigenvalue weighted by molar-refractivity contribution is -0.138. The van der Waals surface area contributed by atoms with Crippen molar-refractivity contribution in [2.24, 2.45) is 0 Å². The molecule has 0 bridgehead atoms. The third kappa shape index (κ3) is 3.66. The second-order valence-corrected chi connectivity index (χ2v) is 5.72.